The molecule has 3 heterocycles. The molecule has 0 radical (unpaired) electrons. The molecule has 0 aromatic carbocycles. The highest BCUT2D eigenvalue weighted by molar-refractivity contribution is 5.96. The van der Waals surface area contributed by atoms with E-state index in [9.17, 15) is 4.79 Å². The van der Waals surface area contributed by atoms with Crippen molar-refractivity contribution in [2.75, 3.05) is 13.2 Å². The van der Waals surface area contributed by atoms with Gasteiger partial charge in [-0.2, -0.15) is 0 Å². The predicted molar refractivity (Wildman–Crippen MR) is 80.4 cm³/mol. The van der Waals surface area contributed by atoms with Crippen LogP contribution >= 0.6 is 0 Å². The van der Waals surface area contributed by atoms with Gasteiger partial charge in [0.2, 0.25) is 5.88 Å². The van der Waals surface area contributed by atoms with Gasteiger partial charge in [-0.15, -0.1) is 0 Å². The smallest absolute Gasteiger partial charge is 0.259 e. The maximum atomic E-state index is 12.9. The monoisotopic (exact) mass is 298 g/mol. The predicted octanol–water partition coefficient (Wildman–Crippen LogP) is 2.25. The Morgan fingerprint density at radius 1 is 1.36 bits per heavy atom. The summed E-state index contributed by atoms with van der Waals surface area (Å²) < 4.78 is 5.47. The summed E-state index contributed by atoms with van der Waals surface area (Å²) in [5.41, 5.74) is 1.33. The van der Waals surface area contributed by atoms with Crippen molar-refractivity contribution in [3.63, 3.8) is 0 Å². The number of nitrogens with zero attached hydrogens (tertiary/aromatic N) is 4. The van der Waals surface area contributed by atoms with Crippen LogP contribution in [0.2, 0.25) is 0 Å². The number of amides is 1. The number of rotatable bonds is 4. The first kappa shape index (κ1) is 14.4. The van der Waals surface area contributed by atoms with E-state index in [0.717, 1.165) is 18.5 Å². The van der Waals surface area contributed by atoms with Gasteiger partial charge >= 0.3 is 0 Å². The number of aromatic nitrogens is 3. The zero-order chi connectivity index (χ0) is 15.4. The topological polar surface area (TPSA) is 68.2 Å². The Morgan fingerprint density at radius 2 is 2.27 bits per heavy atom. The molecule has 1 aliphatic heterocycles. The van der Waals surface area contributed by atoms with Gasteiger partial charge in [0, 0.05) is 25.1 Å². The van der Waals surface area contributed by atoms with Crippen LogP contribution in [-0.2, 0) is 0 Å². The lowest BCUT2D eigenvalue weighted by molar-refractivity contribution is 0.0727. The van der Waals surface area contributed by atoms with Crippen LogP contribution in [0, 0.1) is 0 Å². The van der Waals surface area contributed by atoms with Crippen LogP contribution in [0.1, 0.15) is 41.9 Å². The van der Waals surface area contributed by atoms with Crippen LogP contribution in [0.25, 0.3) is 0 Å². The molecule has 1 fully saturated rings. The Balaban J connectivity index is 1.88. The highest BCUT2D eigenvalue weighted by Gasteiger charge is 2.33. The number of hydrogen-bond donors (Lipinski definition) is 0. The lowest BCUT2D eigenvalue weighted by Crippen LogP contribution is -2.31. The maximum absolute atomic E-state index is 12.9. The van der Waals surface area contributed by atoms with Crippen molar-refractivity contribution in [3.8, 4) is 5.88 Å². The van der Waals surface area contributed by atoms with E-state index in [2.05, 4.69) is 15.0 Å². The van der Waals surface area contributed by atoms with Gasteiger partial charge < -0.3 is 9.64 Å². The molecule has 22 heavy (non-hydrogen) atoms. The van der Waals surface area contributed by atoms with E-state index in [1.54, 1.807) is 36.9 Å². The maximum Gasteiger partial charge on any atom is 0.259 e. The van der Waals surface area contributed by atoms with Crippen LogP contribution in [0.5, 0.6) is 5.88 Å². The molecule has 3 rings (SSSR count). The van der Waals surface area contributed by atoms with Gasteiger partial charge in [-0.25, -0.2) is 4.98 Å². The Hall–Kier alpha value is -2.50. The molecule has 6 nitrogen and oxygen atoms in total. The van der Waals surface area contributed by atoms with Crippen molar-refractivity contribution in [3.05, 3.63) is 48.2 Å². The quantitative estimate of drug-likeness (QED) is 0.866. The van der Waals surface area contributed by atoms with Crippen molar-refractivity contribution in [2.24, 2.45) is 0 Å². The van der Waals surface area contributed by atoms with Crippen LogP contribution in [-0.4, -0.2) is 38.9 Å². The standard InChI is InChI=1S/C16H18N4O2/c1-2-22-15-12(5-3-7-19-15)16(21)20-10-4-6-14(20)13-11-17-8-9-18-13/h3,5,7-9,11,14H,2,4,6,10H2,1H3/t14-/m0/s1. The number of carbonyl (C=O) groups excluding carboxylic acids is 1. The summed E-state index contributed by atoms with van der Waals surface area (Å²) in [6, 6.07) is 3.48. The zero-order valence-corrected chi connectivity index (χ0v) is 12.5. The molecule has 1 aliphatic rings. The highest BCUT2D eigenvalue weighted by atomic mass is 16.5. The Bertz CT molecular complexity index is 648. The number of ether oxygens (including phenoxy) is 1. The first-order valence-electron chi connectivity index (χ1n) is 7.46. The molecule has 2 aromatic heterocycles. The van der Waals surface area contributed by atoms with Gasteiger partial charge in [0.1, 0.15) is 5.56 Å². The molecule has 1 atom stereocenters. The first-order chi connectivity index (χ1) is 10.8. The van der Waals surface area contributed by atoms with Crippen LogP contribution < -0.4 is 4.74 Å². The molecule has 114 valence electrons. The SMILES string of the molecule is CCOc1ncccc1C(=O)N1CCC[C@H]1c1cnccn1. The largest absolute Gasteiger partial charge is 0.477 e. The summed E-state index contributed by atoms with van der Waals surface area (Å²) in [7, 11) is 0. The molecule has 0 unspecified atom stereocenters. The Morgan fingerprint density at radius 3 is 3.05 bits per heavy atom. The average molecular weight is 298 g/mol. The van der Waals surface area contributed by atoms with E-state index in [-0.39, 0.29) is 11.9 Å². The van der Waals surface area contributed by atoms with Gasteiger partial charge in [-0.05, 0) is 31.9 Å². The fraction of sp³-hybridized carbons (Fsp3) is 0.375. The normalized spacial score (nSPS) is 17.5. The third kappa shape index (κ3) is 2.77. The van der Waals surface area contributed by atoms with Gasteiger partial charge in [-0.3, -0.25) is 14.8 Å². The molecule has 0 N–H and O–H groups in total. The molecule has 0 spiro atoms. The minimum Gasteiger partial charge on any atom is -0.477 e. The molecule has 2 aromatic rings. The summed E-state index contributed by atoms with van der Waals surface area (Å²) in [4.78, 5) is 27.3. The summed E-state index contributed by atoms with van der Waals surface area (Å²) in [5, 5.41) is 0. The van der Waals surface area contributed by atoms with Gasteiger partial charge in [0.05, 0.1) is 24.5 Å². The molecule has 0 bridgehead atoms. The summed E-state index contributed by atoms with van der Waals surface area (Å²) in [6.45, 7) is 3.06. The number of carbonyl (C=O) groups is 1. The van der Waals surface area contributed by atoms with E-state index in [1.165, 1.54) is 0 Å². The summed E-state index contributed by atoms with van der Waals surface area (Å²) in [5.74, 6) is 0.324. The number of hydrogen-bond acceptors (Lipinski definition) is 5. The summed E-state index contributed by atoms with van der Waals surface area (Å²) >= 11 is 0. The van der Waals surface area contributed by atoms with Crippen molar-refractivity contribution in [2.45, 2.75) is 25.8 Å². The second-order valence-electron chi connectivity index (χ2n) is 5.08. The van der Waals surface area contributed by atoms with E-state index >= 15 is 0 Å². The molecular formula is C16H18N4O2. The molecule has 0 aliphatic carbocycles. The lowest BCUT2D eigenvalue weighted by atomic mass is 10.1. The van der Waals surface area contributed by atoms with E-state index < -0.39 is 0 Å². The average Bonchev–Trinajstić information content (AvgIpc) is 3.05. The lowest BCUT2D eigenvalue weighted by Gasteiger charge is -2.24. The Kier molecular flexibility index (Phi) is 4.27. The minimum atomic E-state index is -0.0651. The molecule has 1 amide bonds. The van der Waals surface area contributed by atoms with Crippen LogP contribution in [0.15, 0.2) is 36.9 Å². The fourth-order valence-corrected chi connectivity index (χ4v) is 2.76. The van der Waals surface area contributed by atoms with E-state index in [4.69, 9.17) is 4.74 Å². The van der Waals surface area contributed by atoms with Gasteiger partial charge in [0.25, 0.3) is 5.91 Å². The minimum absolute atomic E-state index is 0.0316. The third-order valence-corrected chi connectivity index (χ3v) is 3.72. The Labute approximate surface area is 129 Å². The van der Waals surface area contributed by atoms with E-state index in [1.807, 2.05) is 11.8 Å². The molecule has 1 saturated heterocycles. The second kappa shape index (κ2) is 6.51. The first-order valence-corrected chi connectivity index (χ1v) is 7.46. The van der Waals surface area contributed by atoms with Crippen molar-refractivity contribution < 1.29 is 9.53 Å². The van der Waals surface area contributed by atoms with Crippen molar-refractivity contribution >= 4 is 5.91 Å². The number of likely N-dealkylation sites (tertiary alicyclic amines) is 1. The zero-order valence-electron chi connectivity index (χ0n) is 12.5. The third-order valence-electron chi connectivity index (χ3n) is 3.72. The fourth-order valence-electron chi connectivity index (χ4n) is 2.76. The molecule has 6 heteroatoms. The van der Waals surface area contributed by atoms with Crippen molar-refractivity contribution in [1.29, 1.82) is 0 Å². The summed E-state index contributed by atoms with van der Waals surface area (Å²) in [6.07, 6.45) is 8.51. The number of pyridine rings is 1. The van der Waals surface area contributed by atoms with Gasteiger partial charge in [-0.1, -0.05) is 0 Å². The van der Waals surface area contributed by atoms with E-state index in [0.29, 0.717) is 24.6 Å². The molecular weight excluding hydrogens is 280 g/mol. The molecule has 0 saturated carbocycles. The highest BCUT2D eigenvalue weighted by Crippen LogP contribution is 2.32. The second-order valence-corrected chi connectivity index (χ2v) is 5.08. The van der Waals surface area contributed by atoms with Gasteiger partial charge in [0.15, 0.2) is 0 Å². The van der Waals surface area contributed by atoms with Crippen LogP contribution in [0.4, 0.5) is 0 Å². The van der Waals surface area contributed by atoms with Crippen molar-refractivity contribution in [1.82, 2.24) is 19.9 Å². The van der Waals surface area contributed by atoms with Crippen LogP contribution in [0.3, 0.4) is 0 Å².